The summed E-state index contributed by atoms with van der Waals surface area (Å²) in [6.45, 7) is 5.26. The first kappa shape index (κ1) is 14.2. The van der Waals surface area contributed by atoms with Crippen LogP contribution in [0.5, 0.6) is 0 Å². The summed E-state index contributed by atoms with van der Waals surface area (Å²) >= 11 is 1.88. The third-order valence-corrected chi connectivity index (χ3v) is 4.92. The summed E-state index contributed by atoms with van der Waals surface area (Å²) in [5.74, 6) is 1.39. The molecule has 0 radical (unpaired) electrons. The molecule has 0 amide bonds. The van der Waals surface area contributed by atoms with E-state index in [1.165, 1.54) is 0 Å². The number of rotatable bonds is 3. The lowest BCUT2D eigenvalue weighted by Gasteiger charge is -2.44. The van der Waals surface area contributed by atoms with Crippen LogP contribution in [0.25, 0.3) is 0 Å². The molecule has 0 bridgehead atoms. The molecule has 2 aliphatic heterocycles. The summed E-state index contributed by atoms with van der Waals surface area (Å²) in [7, 11) is 0. The number of carbonyl (C=O) groups is 1. The summed E-state index contributed by atoms with van der Waals surface area (Å²) < 4.78 is 5.78. The number of hydrogen-bond acceptors (Lipinski definition) is 4. The van der Waals surface area contributed by atoms with Gasteiger partial charge in [0.25, 0.3) is 0 Å². The maximum atomic E-state index is 11.0. The average Bonchev–Trinajstić information content (AvgIpc) is 2.27. The van der Waals surface area contributed by atoms with Gasteiger partial charge in [0.2, 0.25) is 0 Å². The molecule has 1 N–H and O–H groups in total. The molecule has 2 heterocycles. The first-order valence-corrected chi connectivity index (χ1v) is 7.92. The van der Waals surface area contributed by atoms with Gasteiger partial charge in [-0.15, -0.1) is 0 Å². The van der Waals surface area contributed by atoms with Gasteiger partial charge in [-0.05, 0) is 26.7 Å². The second-order valence-corrected chi connectivity index (χ2v) is 6.60. The predicted molar refractivity (Wildman–Crippen MR) is 73.1 cm³/mol. The summed E-state index contributed by atoms with van der Waals surface area (Å²) in [4.78, 5) is 13.4. The van der Waals surface area contributed by atoms with Gasteiger partial charge in [-0.25, -0.2) is 0 Å². The van der Waals surface area contributed by atoms with E-state index in [0.29, 0.717) is 18.2 Å². The predicted octanol–water partition coefficient (Wildman–Crippen LogP) is 1.83. The highest BCUT2D eigenvalue weighted by Gasteiger charge is 2.35. The fraction of sp³-hybridized carbons (Fsp3) is 0.923. The van der Waals surface area contributed by atoms with Crippen LogP contribution in [0, 0.1) is 0 Å². The van der Waals surface area contributed by atoms with Gasteiger partial charge in [0.1, 0.15) is 0 Å². The zero-order valence-corrected chi connectivity index (χ0v) is 12.0. The van der Waals surface area contributed by atoms with Crippen molar-refractivity contribution in [2.24, 2.45) is 0 Å². The number of nitrogens with zero attached hydrogens (tertiary/aromatic N) is 1. The minimum absolute atomic E-state index is 0.198. The highest BCUT2D eigenvalue weighted by molar-refractivity contribution is 7.99. The van der Waals surface area contributed by atoms with E-state index in [1.807, 2.05) is 11.8 Å². The molecule has 0 aromatic rings. The van der Waals surface area contributed by atoms with Crippen LogP contribution < -0.4 is 0 Å². The normalized spacial score (nSPS) is 38.6. The van der Waals surface area contributed by atoms with Gasteiger partial charge in [-0.1, -0.05) is 0 Å². The van der Waals surface area contributed by atoms with Gasteiger partial charge >= 0.3 is 5.97 Å². The summed E-state index contributed by atoms with van der Waals surface area (Å²) in [6.07, 6.45) is 2.92. The standard InChI is InChI=1S/C13H23NO3S/c1-9-5-11(6-10(2)17-9)14-3-4-18-8-12(14)7-13(15)16/h9-12H,3-8H2,1-2H3,(H,15,16). The quantitative estimate of drug-likeness (QED) is 0.850. The Hall–Kier alpha value is -0.260. The van der Waals surface area contributed by atoms with Crippen LogP contribution >= 0.6 is 11.8 Å². The van der Waals surface area contributed by atoms with Crippen LogP contribution in [0.1, 0.15) is 33.1 Å². The molecule has 3 unspecified atom stereocenters. The second-order valence-electron chi connectivity index (χ2n) is 5.45. The molecular weight excluding hydrogens is 250 g/mol. The molecule has 0 saturated carbocycles. The minimum Gasteiger partial charge on any atom is -0.481 e. The first-order chi connectivity index (χ1) is 8.56. The molecule has 0 aromatic carbocycles. The van der Waals surface area contributed by atoms with Crippen molar-refractivity contribution in [2.75, 3.05) is 18.1 Å². The van der Waals surface area contributed by atoms with Crippen LogP contribution in [0.2, 0.25) is 0 Å². The lowest BCUT2D eigenvalue weighted by atomic mass is 9.96. The first-order valence-electron chi connectivity index (χ1n) is 6.77. The van der Waals surface area contributed by atoms with Crippen LogP contribution in [-0.2, 0) is 9.53 Å². The van der Waals surface area contributed by atoms with E-state index in [2.05, 4.69) is 18.7 Å². The number of hydrogen-bond donors (Lipinski definition) is 1. The molecule has 2 aliphatic rings. The number of carboxylic acids is 1. The Morgan fingerprint density at radius 1 is 1.39 bits per heavy atom. The van der Waals surface area contributed by atoms with Crippen molar-refractivity contribution in [3.05, 3.63) is 0 Å². The minimum atomic E-state index is -0.680. The van der Waals surface area contributed by atoms with E-state index < -0.39 is 5.97 Å². The maximum Gasteiger partial charge on any atom is 0.304 e. The van der Waals surface area contributed by atoms with E-state index in [4.69, 9.17) is 9.84 Å². The lowest BCUT2D eigenvalue weighted by molar-refractivity contribution is -0.139. The Labute approximate surface area is 113 Å². The number of carboxylic acid groups (broad SMARTS) is 1. The van der Waals surface area contributed by atoms with Gasteiger partial charge in [0, 0.05) is 30.1 Å². The van der Waals surface area contributed by atoms with Crippen molar-refractivity contribution >= 4 is 17.7 Å². The van der Waals surface area contributed by atoms with E-state index in [-0.39, 0.29) is 12.5 Å². The van der Waals surface area contributed by atoms with E-state index in [1.54, 1.807) is 0 Å². The molecule has 2 saturated heterocycles. The zero-order chi connectivity index (χ0) is 13.1. The number of aliphatic carboxylic acids is 1. The molecule has 18 heavy (non-hydrogen) atoms. The van der Waals surface area contributed by atoms with Gasteiger partial charge < -0.3 is 9.84 Å². The largest absolute Gasteiger partial charge is 0.481 e. The van der Waals surface area contributed by atoms with Crippen LogP contribution in [-0.4, -0.2) is 58.3 Å². The van der Waals surface area contributed by atoms with Gasteiger partial charge in [-0.2, -0.15) is 11.8 Å². The maximum absolute atomic E-state index is 11.0. The third kappa shape index (κ3) is 3.62. The summed E-state index contributed by atoms with van der Waals surface area (Å²) in [5.41, 5.74) is 0. The van der Waals surface area contributed by atoms with E-state index >= 15 is 0 Å². The Morgan fingerprint density at radius 3 is 2.67 bits per heavy atom. The molecule has 2 rings (SSSR count). The Balaban J connectivity index is 2.01. The highest BCUT2D eigenvalue weighted by Crippen LogP contribution is 2.29. The summed E-state index contributed by atoms with van der Waals surface area (Å²) in [6, 6.07) is 0.692. The SMILES string of the molecule is CC1CC(N2CCSCC2CC(=O)O)CC(C)O1. The van der Waals surface area contributed by atoms with Crippen LogP contribution in [0.4, 0.5) is 0 Å². The fourth-order valence-corrected chi connectivity index (χ4v) is 4.26. The van der Waals surface area contributed by atoms with Crippen molar-refractivity contribution in [1.29, 1.82) is 0 Å². The van der Waals surface area contributed by atoms with Crippen molar-refractivity contribution in [1.82, 2.24) is 4.90 Å². The summed E-state index contributed by atoms with van der Waals surface area (Å²) in [5, 5.41) is 9.03. The Kier molecular flexibility index (Phi) is 4.92. The third-order valence-electron chi connectivity index (χ3n) is 3.82. The molecule has 104 valence electrons. The van der Waals surface area contributed by atoms with Crippen molar-refractivity contribution in [3.8, 4) is 0 Å². The molecule has 2 fully saturated rings. The topological polar surface area (TPSA) is 49.8 Å². The number of ether oxygens (including phenoxy) is 1. The number of thioether (sulfide) groups is 1. The van der Waals surface area contributed by atoms with Gasteiger partial charge in [-0.3, -0.25) is 9.69 Å². The Bertz CT molecular complexity index is 290. The monoisotopic (exact) mass is 273 g/mol. The van der Waals surface area contributed by atoms with Gasteiger partial charge in [0.15, 0.2) is 0 Å². The lowest BCUT2D eigenvalue weighted by Crippen LogP contribution is -2.53. The van der Waals surface area contributed by atoms with Gasteiger partial charge in [0.05, 0.1) is 18.6 Å². The van der Waals surface area contributed by atoms with Crippen molar-refractivity contribution in [3.63, 3.8) is 0 Å². The van der Waals surface area contributed by atoms with Crippen molar-refractivity contribution in [2.45, 2.75) is 57.4 Å². The molecule has 0 aliphatic carbocycles. The Morgan fingerprint density at radius 2 is 2.06 bits per heavy atom. The highest BCUT2D eigenvalue weighted by atomic mass is 32.2. The smallest absolute Gasteiger partial charge is 0.304 e. The molecule has 4 nitrogen and oxygen atoms in total. The molecule has 0 aromatic heterocycles. The molecule has 0 spiro atoms. The van der Waals surface area contributed by atoms with E-state index in [9.17, 15) is 4.79 Å². The van der Waals surface area contributed by atoms with Crippen LogP contribution in [0.15, 0.2) is 0 Å². The zero-order valence-electron chi connectivity index (χ0n) is 11.2. The fourth-order valence-electron chi connectivity index (χ4n) is 3.17. The molecule has 5 heteroatoms. The molecule has 3 atom stereocenters. The van der Waals surface area contributed by atoms with Crippen molar-refractivity contribution < 1.29 is 14.6 Å². The van der Waals surface area contributed by atoms with Crippen LogP contribution in [0.3, 0.4) is 0 Å². The second kappa shape index (κ2) is 6.26. The average molecular weight is 273 g/mol. The van der Waals surface area contributed by atoms with E-state index in [0.717, 1.165) is 30.9 Å². The molecular formula is C13H23NO3S.